The summed E-state index contributed by atoms with van der Waals surface area (Å²) in [5.74, 6) is -3.91. The fraction of sp³-hybridized carbons (Fsp3) is 0.318. The molecule has 4 rings (SSSR count). The van der Waals surface area contributed by atoms with Crippen molar-refractivity contribution in [1.29, 1.82) is 0 Å². The van der Waals surface area contributed by atoms with Crippen LogP contribution in [0.15, 0.2) is 30.6 Å². The Morgan fingerprint density at radius 2 is 2.00 bits per heavy atom. The van der Waals surface area contributed by atoms with E-state index in [1.165, 1.54) is 12.3 Å². The minimum atomic E-state index is -3.85. The SMILES string of the molecule is CCCS(=O)(=O)Nc1ccc(F)c(C(=O)Nc2cnc3[nH]cc(C(=O)C4CCC4)c3c2)c1F. The van der Waals surface area contributed by atoms with Crippen LogP contribution in [0.2, 0.25) is 0 Å². The number of sulfonamides is 1. The van der Waals surface area contributed by atoms with E-state index >= 15 is 0 Å². The molecule has 2 aromatic heterocycles. The van der Waals surface area contributed by atoms with E-state index in [4.69, 9.17) is 0 Å². The number of fused-ring (bicyclic) bond motifs is 1. The van der Waals surface area contributed by atoms with Crippen molar-refractivity contribution < 1.29 is 26.8 Å². The molecule has 33 heavy (non-hydrogen) atoms. The topological polar surface area (TPSA) is 121 Å². The van der Waals surface area contributed by atoms with E-state index in [0.717, 1.165) is 31.4 Å². The Morgan fingerprint density at radius 3 is 2.67 bits per heavy atom. The average molecular weight is 477 g/mol. The Kier molecular flexibility index (Phi) is 6.15. The monoisotopic (exact) mass is 476 g/mol. The number of hydrogen-bond donors (Lipinski definition) is 3. The van der Waals surface area contributed by atoms with Crippen molar-refractivity contribution in [3.8, 4) is 0 Å². The third kappa shape index (κ3) is 4.58. The smallest absolute Gasteiger partial charge is 0.261 e. The Morgan fingerprint density at radius 1 is 1.24 bits per heavy atom. The van der Waals surface area contributed by atoms with E-state index in [1.54, 1.807) is 13.1 Å². The lowest BCUT2D eigenvalue weighted by Gasteiger charge is -2.23. The number of benzene rings is 1. The number of aromatic amines is 1. The van der Waals surface area contributed by atoms with Gasteiger partial charge in [0.1, 0.15) is 17.0 Å². The molecule has 3 aromatic rings. The van der Waals surface area contributed by atoms with Gasteiger partial charge in [0, 0.05) is 23.1 Å². The molecule has 0 saturated heterocycles. The van der Waals surface area contributed by atoms with E-state index in [9.17, 15) is 26.8 Å². The summed E-state index contributed by atoms with van der Waals surface area (Å²) in [6.07, 6.45) is 5.81. The first kappa shape index (κ1) is 22.8. The lowest BCUT2D eigenvalue weighted by atomic mass is 9.80. The number of H-pyrrole nitrogens is 1. The second kappa shape index (κ2) is 8.89. The summed E-state index contributed by atoms with van der Waals surface area (Å²) >= 11 is 0. The van der Waals surface area contributed by atoms with E-state index in [-0.39, 0.29) is 23.1 Å². The first-order valence-electron chi connectivity index (χ1n) is 10.5. The molecule has 2 heterocycles. The molecule has 0 bridgehead atoms. The second-order valence-electron chi connectivity index (χ2n) is 7.97. The highest BCUT2D eigenvalue weighted by Gasteiger charge is 2.28. The maximum absolute atomic E-state index is 14.9. The van der Waals surface area contributed by atoms with Crippen LogP contribution in [0.5, 0.6) is 0 Å². The zero-order chi connectivity index (χ0) is 23.8. The summed E-state index contributed by atoms with van der Waals surface area (Å²) in [5, 5.41) is 2.87. The number of hydrogen-bond acceptors (Lipinski definition) is 5. The van der Waals surface area contributed by atoms with Crippen LogP contribution in [0.4, 0.5) is 20.2 Å². The molecule has 0 aliphatic heterocycles. The molecule has 1 amide bonds. The van der Waals surface area contributed by atoms with E-state index < -0.39 is 38.8 Å². The molecule has 8 nitrogen and oxygen atoms in total. The molecule has 1 aliphatic rings. The molecule has 0 unspecified atom stereocenters. The lowest BCUT2D eigenvalue weighted by molar-refractivity contribution is 0.0856. The number of halogens is 2. The fourth-order valence-corrected chi connectivity index (χ4v) is 4.82. The summed E-state index contributed by atoms with van der Waals surface area (Å²) < 4.78 is 55.1. The van der Waals surface area contributed by atoms with Crippen molar-refractivity contribution in [2.45, 2.75) is 32.6 Å². The van der Waals surface area contributed by atoms with Gasteiger partial charge in [0.2, 0.25) is 10.0 Å². The number of aromatic nitrogens is 2. The number of amides is 1. The highest BCUT2D eigenvalue weighted by atomic mass is 32.2. The van der Waals surface area contributed by atoms with Gasteiger partial charge in [-0.2, -0.15) is 0 Å². The van der Waals surface area contributed by atoms with Crippen LogP contribution in [0, 0.1) is 17.6 Å². The van der Waals surface area contributed by atoms with Gasteiger partial charge in [-0.1, -0.05) is 13.3 Å². The van der Waals surface area contributed by atoms with Crippen molar-refractivity contribution in [1.82, 2.24) is 9.97 Å². The van der Waals surface area contributed by atoms with Gasteiger partial charge in [0.05, 0.1) is 23.3 Å². The number of carbonyl (C=O) groups is 2. The molecular formula is C22H22F2N4O4S. The van der Waals surface area contributed by atoms with Gasteiger partial charge in [-0.15, -0.1) is 0 Å². The first-order chi connectivity index (χ1) is 15.7. The fourth-order valence-electron chi connectivity index (χ4n) is 3.69. The number of Topliss-reactive ketones (excluding diaryl/α,β-unsaturated/α-hetero) is 1. The molecule has 174 valence electrons. The zero-order valence-corrected chi connectivity index (χ0v) is 18.6. The maximum Gasteiger partial charge on any atom is 0.261 e. The number of pyridine rings is 1. The van der Waals surface area contributed by atoms with Crippen molar-refractivity contribution >= 4 is 44.1 Å². The van der Waals surface area contributed by atoms with Crippen molar-refractivity contribution in [3.63, 3.8) is 0 Å². The summed E-state index contributed by atoms with van der Waals surface area (Å²) in [6.45, 7) is 1.64. The Balaban J connectivity index is 1.61. The summed E-state index contributed by atoms with van der Waals surface area (Å²) in [4.78, 5) is 32.4. The number of anilines is 2. The lowest BCUT2D eigenvalue weighted by Crippen LogP contribution is -2.21. The normalized spacial score (nSPS) is 14.2. The molecule has 3 N–H and O–H groups in total. The summed E-state index contributed by atoms with van der Waals surface area (Å²) in [7, 11) is -3.85. The van der Waals surface area contributed by atoms with Crippen LogP contribution < -0.4 is 10.0 Å². The van der Waals surface area contributed by atoms with Gasteiger partial charge in [0.15, 0.2) is 11.6 Å². The van der Waals surface area contributed by atoms with Crippen LogP contribution in [-0.4, -0.2) is 35.8 Å². The van der Waals surface area contributed by atoms with Gasteiger partial charge in [0.25, 0.3) is 5.91 Å². The van der Waals surface area contributed by atoms with Crippen LogP contribution >= 0.6 is 0 Å². The Labute approximate surface area is 188 Å². The summed E-state index contributed by atoms with van der Waals surface area (Å²) in [5.41, 5.74) is -0.442. The number of nitrogens with zero attached hydrogens (tertiary/aromatic N) is 1. The van der Waals surface area contributed by atoms with E-state index in [2.05, 4.69) is 15.3 Å². The zero-order valence-electron chi connectivity index (χ0n) is 17.7. The molecule has 0 spiro atoms. The molecule has 11 heteroatoms. The number of rotatable bonds is 8. The standard InChI is InChI=1S/C22H22F2N4O4S/c1-2-8-33(31,32)28-17-7-6-16(23)18(19(17)24)22(30)27-13-9-14-15(11-26-21(14)25-10-13)20(29)12-4-3-5-12/h6-7,9-12,28H,2-5,8H2,1H3,(H,25,26)(H,27,30). The van der Waals surface area contributed by atoms with Gasteiger partial charge in [-0.05, 0) is 37.5 Å². The molecule has 1 aliphatic carbocycles. The van der Waals surface area contributed by atoms with Gasteiger partial charge >= 0.3 is 0 Å². The van der Waals surface area contributed by atoms with Crippen LogP contribution in [0.3, 0.4) is 0 Å². The highest BCUT2D eigenvalue weighted by Crippen LogP contribution is 2.32. The van der Waals surface area contributed by atoms with E-state index in [1.807, 2.05) is 4.72 Å². The second-order valence-corrected chi connectivity index (χ2v) is 9.82. The minimum absolute atomic E-state index is 0.0121. The highest BCUT2D eigenvalue weighted by molar-refractivity contribution is 7.92. The third-order valence-corrected chi connectivity index (χ3v) is 7.06. The predicted octanol–water partition coefficient (Wildman–Crippen LogP) is 4.23. The number of ketones is 1. The van der Waals surface area contributed by atoms with Crippen molar-refractivity contribution in [3.05, 3.63) is 53.4 Å². The predicted molar refractivity (Wildman–Crippen MR) is 120 cm³/mol. The van der Waals surface area contributed by atoms with Gasteiger partial charge in [-0.25, -0.2) is 22.2 Å². The Hall–Kier alpha value is -3.34. The van der Waals surface area contributed by atoms with Crippen LogP contribution in [0.25, 0.3) is 11.0 Å². The molecule has 1 saturated carbocycles. The molecule has 0 radical (unpaired) electrons. The first-order valence-corrected chi connectivity index (χ1v) is 12.2. The molecular weight excluding hydrogens is 454 g/mol. The average Bonchev–Trinajstić information content (AvgIpc) is 3.12. The van der Waals surface area contributed by atoms with Crippen molar-refractivity contribution in [2.24, 2.45) is 5.92 Å². The molecule has 1 fully saturated rings. The molecule has 1 aromatic carbocycles. The van der Waals surface area contributed by atoms with Crippen LogP contribution in [-0.2, 0) is 10.0 Å². The molecule has 0 atom stereocenters. The number of nitrogens with one attached hydrogen (secondary N) is 3. The Bertz CT molecular complexity index is 1350. The van der Waals surface area contributed by atoms with Gasteiger partial charge < -0.3 is 10.3 Å². The number of carbonyl (C=O) groups excluding carboxylic acids is 2. The minimum Gasteiger partial charge on any atom is -0.345 e. The maximum atomic E-state index is 14.9. The quantitative estimate of drug-likeness (QED) is 0.420. The summed E-state index contributed by atoms with van der Waals surface area (Å²) in [6, 6.07) is 3.23. The third-order valence-electron chi connectivity index (χ3n) is 5.59. The van der Waals surface area contributed by atoms with E-state index in [0.29, 0.717) is 23.0 Å². The van der Waals surface area contributed by atoms with Gasteiger partial charge in [-0.3, -0.25) is 14.3 Å². The van der Waals surface area contributed by atoms with Crippen LogP contribution in [0.1, 0.15) is 53.3 Å². The van der Waals surface area contributed by atoms with Crippen molar-refractivity contribution in [2.75, 3.05) is 15.8 Å². The largest absolute Gasteiger partial charge is 0.345 e.